The Morgan fingerprint density at radius 2 is 1.92 bits per heavy atom. The van der Waals surface area contributed by atoms with E-state index in [0.29, 0.717) is 28.6 Å². The van der Waals surface area contributed by atoms with Gasteiger partial charge in [-0.15, -0.1) is 0 Å². The van der Waals surface area contributed by atoms with Gasteiger partial charge in [0, 0.05) is 20.0 Å². The van der Waals surface area contributed by atoms with E-state index in [4.69, 9.17) is 27.9 Å². The minimum Gasteiger partial charge on any atom is -0.445 e. The van der Waals surface area contributed by atoms with Crippen molar-refractivity contribution in [3.05, 3.63) is 69.2 Å². The number of esters is 1. The predicted molar refractivity (Wildman–Crippen MR) is 96.9 cm³/mol. The summed E-state index contributed by atoms with van der Waals surface area (Å²) in [5.41, 5.74) is 0.949. The van der Waals surface area contributed by atoms with Gasteiger partial charge in [0.2, 0.25) is 0 Å². The number of carbonyl (C=O) groups is 2. The molecule has 1 aliphatic rings. The molecule has 2 aromatic carbocycles. The van der Waals surface area contributed by atoms with Crippen LogP contribution in [-0.4, -0.2) is 29.4 Å². The van der Waals surface area contributed by atoms with Crippen molar-refractivity contribution in [2.45, 2.75) is 25.5 Å². The number of benzene rings is 2. The van der Waals surface area contributed by atoms with Gasteiger partial charge in [0.1, 0.15) is 0 Å². The summed E-state index contributed by atoms with van der Waals surface area (Å²) in [6, 6.07) is 12.4. The van der Waals surface area contributed by atoms with Gasteiger partial charge in [-0.05, 0) is 36.2 Å². The molecule has 6 heteroatoms. The number of likely N-dealkylation sites (N-methyl/N-ethyl adjacent to an activating group) is 1. The zero-order valence-electron chi connectivity index (χ0n) is 13.9. The zero-order valence-corrected chi connectivity index (χ0v) is 15.4. The van der Waals surface area contributed by atoms with E-state index in [1.54, 1.807) is 38.2 Å². The van der Waals surface area contributed by atoms with Gasteiger partial charge in [-0.25, -0.2) is 4.79 Å². The molecule has 0 bridgehead atoms. The first kappa shape index (κ1) is 17.8. The summed E-state index contributed by atoms with van der Waals surface area (Å²) in [5.74, 6) is -0.734. The maximum Gasteiger partial charge on any atom is 0.339 e. The molecule has 0 saturated heterocycles. The van der Waals surface area contributed by atoms with Crippen LogP contribution >= 0.6 is 23.2 Å². The molecule has 0 saturated carbocycles. The molecule has 0 N–H and O–H groups in total. The van der Waals surface area contributed by atoms with Crippen molar-refractivity contribution >= 4 is 35.1 Å². The standard InChI is InChI=1S/C19H17Cl2NO3/c1-19(10-13-5-3-4-6-14(13)17(23)25-19)18(24)22(2)11-12-7-8-15(20)16(21)9-12/h3-9H,10-11H2,1-2H3. The van der Waals surface area contributed by atoms with E-state index in [1.807, 2.05) is 18.2 Å². The molecule has 0 fully saturated rings. The third-order valence-corrected chi connectivity index (χ3v) is 5.02. The molecule has 3 rings (SSSR count). The first-order valence-electron chi connectivity index (χ1n) is 7.81. The fraction of sp³-hybridized carbons (Fsp3) is 0.263. The quantitative estimate of drug-likeness (QED) is 0.755. The molecule has 130 valence electrons. The van der Waals surface area contributed by atoms with Gasteiger partial charge < -0.3 is 9.64 Å². The van der Waals surface area contributed by atoms with Gasteiger partial charge in [-0.1, -0.05) is 47.5 Å². The predicted octanol–water partition coefficient (Wildman–Crippen LogP) is 4.12. The van der Waals surface area contributed by atoms with Gasteiger partial charge in [-0.2, -0.15) is 0 Å². The number of nitrogens with zero attached hydrogens (tertiary/aromatic N) is 1. The molecule has 1 atom stereocenters. The third-order valence-electron chi connectivity index (χ3n) is 4.29. The Hall–Kier alpha value is -2.04. The van der Waals surface area contributed by atoms with E-state index in [1.165, 1.54) is 4.90 Å². The molecular weight excluding hydrogens is 361 g/mol. The molecule has 1 heterocycles. The number of ether oxygens (including phenoxy) is 1. The average molecular weight is 378 g/mol. The van der Waals surface area contributed by atoms with Crippen LogP contribution in [0.4, 0.5) is 0 Å². The lowest BCUT2D eigenvalue weighted by Crippen LogP contribution is -2.51. The molecular formula is C19H17Cl2NO3. The topological polar surface area (TPSA) is 46.6 Å². The molecule has 0 aromatic heterocycles. The normalized spacial score (nSPS) is 19.1. The van der Waals surface area contributed by atoms with Crippen molar-refractivity contribution in [1.29, 1.82) is 0 Å². The Bertz CT molecular complexity index is 852. The molecule has 1 aliphatic heterocycles. The van der Waals surface area contributed by atoms with Gasteiger partial charge in [-0.3, -0.25) is 4.79 Å². The fourth-order valence-corrected chi connectivity index (χ4v) is 3.36. The number of hydrogen-bond acceptors (Lipinski definition) is 3. The highest BCUT2D eigenvalue weighted by atomic mass is 35.5. The van der Waals surface area contributed by atoms with E-state index >= 15 is 0 Å². The monoisotopic (exact) mass is 377 g/mol. The maximum atomic E-state index is 12.9. The van der Waals surface area contributed by atoms with Crippen LogP contribution in [-0.2, 0) is 22.5 Å². The summed E-state index contributed by atoms with van der Waals surface area (Å²) < 4.78 is 5.49. The van der Waals surface area contributed by atoms with Crippen molar-refractivity contribution in [3.63, 3.8) is 0 Å². The van der Waals surface area contributed by atoms with Crippen LogP contribution in [0.2, 0.25) is 10.0 Å². The van der Waals surface area contributed by atoms with E-state index in [-0.39, 0.29) is 5.91 Å². The number of amides is 1. The second-order valence-electron chi connectivity index (χ2n) is 6.36. The molecule has 0 radical (unpaired) electrons. The minimum absolute atomic E-state index is 0.263. The molecule has 0 spiro atoms. The number of rotatable bonds is 3. The Kier molecular flexibility index (Phi) is 4.76. The summed E-state index contributed by atoms with van der Waals surface area (Å²) in [7, 11) is 1.67. The smallest absolute Gasteiger partial charge is 0.339 e. The molecule has 2 aromatic rings. The van der Waals surface area contributed by atoms with Crippen LogP contribution in [0.3, 0.4) is 0 Å². The van der Waals surface area contributed by atoms with Gasteiger partial charge in [0.15, 0.2) is 5.60 Å². The Morgan fingerprint density at radius 1 is 1.20 bits per heavy atom. The van der Waals surface area contributed by atoms with Crippen LogP contribution < -0.4 is 0 Å². The van der Waals surface area contributed by atoms with E-state index in [2.05, 4.69) is 0 Å². The van der Waals surface area contributed by atoms with Crippen molar-refractivity contribution in [2.75, 3.05) is 7.05 Å². The van der Waals surface area contributed by atoms with Crippen molar-refractivity contribution in [1.82, 2.24) is 4.90 Å². The summed E-state index contributed by atoms with van der Waals surface area (Å²) in [6.45, 7) is 1.99. The molecule has 4 nitrogen and oxygen atoms in total. The lowest BCUT2D eigenvalue weighted by molar-refractivity contribution is -0.150. The van der Waals surface area contributed by atoms with Crippen LogP contribution in [0.15, 0.2) is 42.5 Å². The van der Waals surface area contributed by atoms with Crippen molar-refractivity contribution in [3.8, 4) is 0 Å². The number of fused-ring (bicyclic) bond motifs is 1. The molecule has 1 unspecified atom stereocenters. The minimum atomic E-state index is -1.23. The number of carbonyl (C=O) groups excluding carboxylic acids is 2. The Morgan fingerprint density at radius 3 is 2.64 bits per heavy atom. The van der Waals surface area contributed by atoms with Gasteiger partial charge in [0.25, 0.3) is 5.91 Å². The van der Waals surface area contributed by atoms with Crippen LogP contribution in [0, 0.1) is 0 Å². The maximum absolute atomic E-state index is 12.9. The number of halogens is 2. The summed E-state index contributed by atoms with van der Waals surface area (Å²) >= 11 is 11.9. The van der Waals surface area contributed by atoms with Crippen molar-refractivity contribution < 1.29 is 14.3 Å². The van der Waals surface area contributed by atoms with Crippen LogP contribution in [0.1, 0.15) is 28.4 Å². The van der Waals surface area contributed by atoms with E-state index in [9.17, 15) is 9.59 Å². The molecule has 25 heavy (non-hydrogen) atoms. The third kappa shape index (κ3) is 3.51. The summed E-state index contributed by atoms with van der Waals surface area (Å²) in [5, 5.41) is 0.897. The first-order valence-corrected chi connectivity index (χ1v) is 8.56. The zero-order chi connectivity index (χ0) is 18.2. The van der Waals surface area contributed by atoms with Crippen LogP contribution in [0.5, 0.6) is 0 Å². The van der Waals surface area contributed by atoms with Crippen molar-refractivity contribution in [2.24, 2.45) is 0 Å². The second-order valence-corrected chi connectivity index (χ2v) is 7.18. The lowest BCUT2D eigenvalue weighted by atomic mass is 9.89. The van der Waals surface area contributed by atoms with Crippen LogP contribution in [0.25, 0.3) is 0 Å². The van der Waals surface area contributed by atoms with E-state index in [0.717, 1.165) is 11.1 Å². The first-order chi connectivity index (χ1) is 11.8. The number of cyclic esters (lactones) is 1. The highest BCUT2D eigenvalue weighted by Gasteiger charge is 2.44. The lowest BCUT2D eigenvalue weighted by Gasteiger charge is -2.36. The number of hydrogen-bond donors (Lipinski definition) is 0. The average Bonchev–Trinajstić information content (AvgIpc) is 2.57. The molecule has 1 amide bonds. The SMILES string of the molecule is CN(Cc1ccc(Cl)c(Cl)c1)C(=O)C1(C)Cc2ccccc2C(=O)O1. The fourth-order valence-electron chi connectivity index (χ4n) is 3.04. The second kappa shape index (κ2) is 6.70. The van der Waals surface area contributed by atoms with E-state index < -0.39 is 11.6 Å². The highest BCUT2D eigenvalue weighted by Crippen LogP contribution is 2.30. The summed E-state index contributed by atoms with van der Waals surface area (Å²) in [6.07, 6.45) is 0.347. The Labute approximate surface area is 156 Å². The largest absolute Gasteiger partial charge is 0.445 e. The van der Waals surface area contributed by atoms with Gasteiger partial charge >= 0.3 is 5.97 Å². The highest BCUT2D eigenvalue weighted by molar-refractivity contribution is 6.42. The molecule has 0 aliphatic carbocycles. The Balaban J connectivity index is 1.80. The summed E-state index contributed by atoms with van der Waals surface area (Å²) in [4.78, 5) is 26.7. The van der Waals surface area contributed by atoms with Gasteiger partial charge in [0.05, 0.1) is 15.6 Å².